The van der Waals surface area contributed by atoms with Gasteiger partial charge in [-0.1, -0.05) is 309 Å². The molecule has 0 bridgehead atoms. The van der Waals surface area contributed by atoms with Gasteiger partial charge in [0.05, 0.1) is 85.4 Å². The van der Waals surface area contributed by atoms with Gasteiger partial charge in [-0.2, -0.15) is 0 Å². The molecule has 2 aromatic heterocycles. The minimum atomic E-state index is -2.34. The number of unbranched alkanes of at least 4 members (excludes halogenated alkanes) is 4. The lowest BCUT2D eigenvalue weighted by Crippen LogP contribution is -2.62. The molecule has 0 spiro atoms. The third kappa shape index (κ3) is 18.1. The Bertz CT molecular complexity index is 5150. The molecule has 0 aliphatic carbocycles. The molecule has 10 aromatic rings. The average molecular weight is 1600 g/mol. The number of phenolic OH excluding ortho intramolecular Hbond substituents is 2. The first-order valence-electron chi connectivity index (χ1n) is 43.6. The molecule has 0 saturated heterocycles. The molecule has 0 aliphatic rings. The Morgan fingerprint density at radius 2 is 0.675 bits per heavy atom. The summed E-state index contributed by atoms with van der Waals surface area (Å²) in [5, 5.41) is 37.8. The van der Waals surface area contributed by atoms with E-state index in [9.17, 15) is 10.2 Å². The average Bonchev–Trinajstić information content (AvgIpc) is 1.34. The maximum absolute atomic E-state index is 16.8. The summed E-state index contributed by atoms with van der Waals surface area (Å²) < 4.78 is 52.4. The minimum absolute atomic E-state index is 0.00916. The molecule has 0 amide bonds. The van der Waals surface area contributed by atoms with Crippen LogP contribution in [0.5, 0.6) is 23.0 Å². The molecule has 0 radical (unpaired) electrons. The highest BCUT2D eigenvalue weighted by atomic mass is 28.3. The molecule has 10 rings (SSSR count). The predicted molar refractivity (Wildman–Crippen MR) is 517 cm³/mol. The number of aromatic hydroxyl groups is 2. The second-order valence-corrected chi connectivity index (χ2v) is 63.5. The molecule has 0 aliphatic heterocycles. The molecule has 114 heavy (non-hydrogen) atoms. The number of benzene rings is 8. The molecule has 608 valence electrons. The lowest BCUT2D eigenvalue weighted by atomic mass is 9.71. The summed E-state index contributed by atoms with van der Waals surface area (Å²) in [7, 11) is 4.28. The first-order valence-corrected chi connectivity index (χ1v) is 55.0. The Kier molecular flexibility index (Phi) is 26.4. The second kappa shape index (κ2) is 33.4. The van der Waals surface area contributed by atoms with Gasteiger partial charge in [0, 0.05) is 58.0 Å². The highest BCUT2D eigenvalue weighted by molar-refractivity contribution is 7.48. The van der Waals surface area contributed by atoms with E-state index in [0.29, 0.717) is 62.7 Å². The van der Waals surface area contributed by atoms with Crippen molar-refractivity contribution in [2.75, 3.05) is 13.2 Å². The topological polar surface area (TPSA) is 68.8 Å². The van der Waals surface area contributed by atoms with Gasteiger partial charge in [0.25, 0.3) is 0 Å². The second-order valence-electron chi connectivity index (χ2n) is 42.9. The number of ether oxygens (including phenoxy) is 2. The van der Waals surface area contributed by atoms with E-state index in [2.05, 4.69) is 303 Å². The maximum Gasteiger partial charge on any atom is 0.147 e. The van der Waals surface area contributed by atoms with Gasteiger partial charge in [0.1, 0.15) is 56.9 Å². The van der Waals surface area contributed by atoms with Crippen LogP contribution in [0.3, 0.4) is 0 Å². The van der Waals surface area contributed by atoms with Gasteiger partial charge in [-0.25, -0.2) is 8.78 Å². The van der Waals surface area contributed by atoms with Crippen molar-refractivity contribution in [3.05, 3.63) is 155 Å². The zero-order valence-corrected chi connectivity index (χ0v) is 80.4. The molecule has 2 N–H and O–H groups in total. The van der Waals surface area contributed by atoms with Crippen LogP contribution < -0.4 is 30.2 Å². The zero-order valence-electron chi connectivity index (χ0n) is 76.4. The first-order chi connectivity index (χ1) is 52.8. The van der Waals surface area contributed by atoms with Crippen LogP contribution in [0.4, 0.5) is 8.78 Å². The summed E-state index contributed by atoms with van der Waals surface area (Å²) in [6, 6.07) is 48.7. The third-order valence-electron chi connectivity index (χ3n) is 27.4. The minimum Gasteiger partial charge on any atom is -0.505 e. The van der Waals surface area contributed by atoms with E-state index in [0.717, 1.165) is 93.3 Å². The number of hydrogen-bond donors (Lipinski definition) is 2. The van der Waals surface area contributed by atoms with Gasteiger partial charge >= 0.3 is 0 Å². The van der Waals surface area contributed by atoms with E-state index < -0.39 is 54.1 Å². The number of halogens is 2. The number of aromatic nitrogens is 2. The molecule has 0 saturated carbocycles. The van der Waals surface area contributed by atoms with Gasteiger partial charge in [-0.3, -0.25) is 0 Å². The summed E-state index contributed by atoms with van der Waals surface area (Å²) >= 11 is 0. The van der Waals surface area contributed by atoms with Crippen molar-refractivity contribution in [3.63, 3.8) is 0 Å². The predicted octanol–water partition coefficient (Wildman–Crippen LogP) is 21.7. The monoisotopic (exact) mass is 1600 g/mol. The molecule has 0 unspecified atom stereocenters. The quantitative estimate of drug-likeness (QED) is 0.0348. The summed E-state index contributed by atoms with van der Waals surface area (Å²) in [4.78, 5) is 0. The van der Waals surface area contributed by atoms with Crippen LogP contribution in [0, 0.1) is 36.3 Å². The molecule has 2 heterocycles. The van der Waals surface area contributed by atoms with E-state index in [-0.39, 0.29) is 50.7 Å². The molecule has 8 aromatic carbocycles. The van der Waals surface area contributed by atoms with Gasteiger partial charge in [0.2, 0.25) is 0 Å². The van der Waals surface area contributed by atoms with Gasteiger partial charge in [-0.05, 0) is 153 Å². The van der Waals surface area contributed by atoms with Crippen LogP contribution in [0.1, 0.15) is 252 Å². The van der Waals surface area contributed by atoms with Gasteiger partial charge in [-0.15, -0.1) is 0 Å². The molecular weight excluding hydrogens is 1460 g/mol. The van der Waals surface area contributed by atoms with Crippen LogP contribution in [0.2, 0.25) is 39.3 Å². The Hall–Kier alpha value is -6.39. The molecule has 17 heteroatoms. The number of hydrogen-bond acceptors (Lipinski definition) is 4. The molecular formula is C97H141B5F2N2O4Si4. The van der Waals surface area contributed by atoms with Crippen molar-refractivity contribution < 1.29 is 28.5 Å². The van der Waals surface area contributed by atoms with E-state index in [1.807, 2.05) is 13.8 Å². The Morgan fingerprint density at radius 3 is 0.982 bits per heavy atom. The van der Waals surface area contributed by atoms with Crippen LogP contribution >= 0.6 is 0 Å². The lowest BCUT2D eigenvalue weighted by molar-refractivity contribution is 0.246. The Balaban J connectivity index is 1.13. The number of nitrogens with zero attached hydrogens (tertiary/aromatic N) is 2. The smallest absolute Gasteiger partial charge is 0.147 e. The number of phenols is 2. The van der Waals surface area contributed by atoms with Crippen molar-refractivity contribution in [2.24, 2.45) is 10.8 Å². The van der Waals surface area contributed by atoms with Crippen molar-refractivity contribution >= 4 is 133 Å². The number of aryl methyl sites for hydroxylation is 2. The van der Waals surface area contributed by atoms with Crippen LogP contribution in [0.25, 0.3) is 77.2 Å². The molecule has 6 nitrogen and oxygen atoms in total. The van der Waals surface area contributed by atoms with Crippen molar-refractivity contribution in [1.82, 2.24) is 9.13 Å². The third-order valence-corrected chi connectivity index (χ3v) is 49.6. The summed E-state index contributed by atoms with van der Waals surface area (Å²) in [5.41, 5.74) is 9.89. The SMILES string of the molecule is B[Si](CCCC)(CCCC)c1ccc2c3ccc([Si](B)(B)C(C)(C)C)cc3n(-c3cc(C(C)(C)CC(C)(C)C)cc(-c4cc(F)cc(C)c4OCCCOc4c(C)cc(F)cc4-c4cc(C(C)(C)CC(C)(C)C)cc(-n5c6cc([Si](B)(CCCC)CCCC)ccc6c6ccc([Si](B)(C(C)(C)C)C(C)(C)C)cc65)c4O)c3O)c2c1. The lowest BCUT2D eigenvalue weighted by Gasteiger charge is -2.50. The standard InChI is InChI=1S/C97H141B5F2N2O4Si4/c1-26-30-45-111(98,46-31-27-2)69-35-39-73-75-41-37-71(113(100,93(13,14)15)94(16,17)18)59-83(75)105(81(73)57-69)85-53-65(96(22,23)61-91(7,8)9)51-77(87(85)107)79-55-67(103)49-63(5)89(79)109-43-34-44-110-90-64(6)50-68(104)56-80(90)78-52-66(97(24,25)62-92(10,11)12)54-86(88(78)108)106-82-58-70(112(99,47-32-28-3)48-33-29-4)36-40-74(82)76-42-38-72(60-84(76)106)114(101,102)95(19,20)21/h35-42,49-60,107-108H,26-34,43-48,61-62,98-102H2,1-25H3. The van der Waals surface area contributed by atoms with E-state index in [1.54, 1.807) is 6.07 Å². The summed E-state index contributed by atoms with van der Waals surface area (Å²) in [6.45, 7) is 58.0. The van der Waals surface area contributed by atoms with Crippen molar-refractivity contribution in [1.29, 1.82) is 0 Å². The maximum atomic E-state index is 16.8. The van der Waals surface area contributed by atoms with Gasteiger partial charge in [0.15, 0.2) is 0 Å². The molecule has 0 fully saturated rings. The van der Waals surface area contributed by atoms with E-state index in [1.165, 1.54) is 88.8 Å². The normalized spacial score (nSPS) is 13.5. The van der Waals surface area contributed by atoms with Crippen molar-refractivity contribution in [3.8, 4) is 56.6 Å². The Morgan fingerprint density at radius 1 is 0.368 bits per heavy atom. The fraction of sp³-hybridized carbons (Fsp3) is 0.505. The first kappa shape index (κ1) is 89.9. The fourth-order valence-electron chi connectivity index (χ4n) is 19.8. The van der Waals surface area contributed by atoms with E-state index in [4.69, 9.17) is 9.47 Å². The summed E-state index contributed by atoms with van der Waals surface area (Å²) in [6.07, 6.45) is 11.5. The number of fused-ring (bicyclic) bond motifs is 6. The van der Waals surface area contributed by atoms with Crippen molar-refractivity contribution in [2.45, 2.75) is 294 Å². The van der Waals surface area contributed by atoms with Crippen LogP contribution in [-0.2, 0) is 10.8 Å². The van der Waals surface area contributed by atoms with E-state index >= 15 is 8.78 Å². The fourth-order valence-corrected chi connectivity index (χ4v) is 34.6. The molecule has 0 atom stereocenters. The summed E-state index contributed by atoms with van der Waals surface area (Å²) in [5.74, 6) is 0.237. The van der Waals surface area contributed by atoms with Gasteiger partial charge < -0.3 is 28.8 Å². The van der Waals surface area contributed by atoms with Crippen LogP contribution in [-0.4, -0.2) is 101 Å². The van der Waals surface area contributed by atoms with Crippen LogP contribution in [0.15, 0.2) is 121 Å². The zero-order chi connectivity index (χ0) is 84.4. The Labute approximate surface area is 695 Å². The largest absolute Gasteiger partial charge is 0.505 e. The highest BCUT2D eigenvalue weighted by Crippen LogP contribution is 2.53. The highest BCUT2D eigenvalue weighted by Gasteiger charge is 2.50. The number of rotatable bonds is 30.